The normalized spacial score (nSPS) is 21.0. The number of aromatic nitrogens is 5. The number of nitrogens with one attached hydrogen (secondary N) is 2. The number of amides is 1. The van der Waals surface area contributed by atoms with Gasteiger partial charge in [0.2, 0.25) is 18.1 Å². The van der Waals surface area contributed by atoms with E-state index in [1.165, 1.54) is 12.1 Å². The lowest BCUT2D eigenvalue weighted by Crippen LogP contribution is -2.53. The molecule has 0 unspecified atom stereocenters. The van der Waals surface area contributed by atoms with Gasteiger partial charge in [0.05, 0.1) is 61.2 Å². The van der Waals surface area contributed by atoms with Gasteiger partial charge in [0.15, 0.2) is 5.82 Å². The van der Waals surface area contributed by atoms with Crippen molar-refractivity contribution in [1.82, 2.24) is 29.8 Å². The summed E-state index contributed by atoms with van der Waals surface area (Å²) < 4.78 is 31.2. The number of anilines is 1. The number of imidazole rings is 1. The number of hydrogen-bond donors (Lipinski definition) is 2. The number of nitrogens with zero attached hydrogens (tertiary/aromatic N) is 5. The summed E-state index contributed by atoms with van der Waals surface area (Å²) in [7, 11) is 0. The van der Waals surface area contributed by atoms with Crippen molar-refractivity contribution in [3.8, 4) is 22.6 Å². The first-order chi connectivity index (χ1) is 20.0. The Balaban J connectivity index is 1.25. The maximum atomic E-state index is 13.7. The lowest BCUT2D eigenvalue weighted by molar-refractivity contribution is -0.235. The fourth-order valence-corrected chi connectivity index (χ4v) is 4.80. The molecule has 3 aromatic heterocycles. The van der Waals surface area contributed by atoms with E-state index < -0.39 is 11.7 Å². The molecule has 2 aliphatic rings. The minimum atomic E-state index is -0.822. The van der Waals surface area contributed by atoms with E-state index in [-0.39, 0.29) is 24.9 Å². The Labute approximate surface area is 236 Å². The smallest absolute Gasteiger partial charge is 0.233 e. The number of aromatic amines is 1. The van der Waals surface area contributed by atoms with Gasteiger partial charge in [-0.1, -0.05) is 6.07 Å². The molecule has 0 aliphatic carbocycles. The van der Waals surface area contributed by atoms with Crippen molar-refractivity contribution in [3.63, 3.8) is 0 Å². The SMILES string of the molecule is CC1(C(=O)N2CCOCC2)COC(c2nc(-c3ccc(F)cc3)c(-c3ccnc(NCc4ccccn4)n3)[nH]2)OC1. The van der Waals surface area contributed by atoms with E-state index in [9.17, 15) is 9.18 Å². The molecule has 2 aliphatic heterocycles. The second-order valence-electron chi connectivity index (χ2n) is 10.2. The molecule has 6 rings (SSSR count). The van der Waals surface area contributed by atoms with Crippen LogP contribution in [0.3, 0.4) is 0 Å². The summed E-state index contributed by atoms with van der Waals surface area (Å²) in [6, 6.07) is 13.5. The third kappa shape index (κ3) is 5.94. The lowest BCUT2D eigenvalue weighted by Gasteiger charge is -2.39. The molecule has 0 atom stereocenters. The average molecular weight is 560 g/mol. The van der Waals surface area contributed by atoms with Gasteiger partial charge in [0.25, 0.3) is 0 Å². The van der Waals surface area contributed by atoms with E-state index in [4.69, 9.17) is 19.2 Å². The third-order valence-electron chi connectivity index (χ3n) is 7.05. The fourth-order valence-electron chi connectivity index (χ4n) is 4.80. The lowest BCUT2D eigenvalue weighted by atomic mass is 9.90. The zero-order chi connectivity index (χ0) is 28.2. The first-order valence-corrected chi connectivity index (χ1v) is 13.4. The van der Waals surface area contributed by atoms with Crippen LogP contribution in [0.4, 0.5) is 10.3 Å². The minimum Gasteiger partial charge on any atom is -0.378 e. The first-order valence-electron chi connectivity index (χ1n) is 13.4. The Morgan fingerprint density at radius 2 is 1.83 bits per heavy atom. The van der Waals surface area contributed by atoms with Crippen LogP contribution in [0, 0.1) is 11.2 Å². The van der Waals surface area contributed by atoms with Crippen molar-refractivity contribution >= 4 is 11.9 Å². The minimum absolute atomic E-state index is 0.0156. The molecule has 5 heterocycles. The predicted molar refractivity (Wildman–Crippen MR) is 147 cm³/mol. The van der Waals surface area contributed by atoms with Gasteiger partial charge in [0.1, 0.15) is 5.82 Å². The third-order valence-corrected chi connectivity index (χ3v) is 7.05. The second-order valence-corrected chi connectivity index (χ2v) is 10.2. The van der Waals surface area contributed by atoms with Crippen molar-refractivity contribution in [2.45, 2.75) is 19.8 Å². The van der Waals surface area contributed by atoms with Gasteiger partial charge in [-0.3, -0.25) is 9.78 Å². The van der Waals surface area contributed by atoms with Gasteiger partial charge in [-0.25, -0.2) is 19.3 Å². The molecule has 12 heteroatoms. The number of carbonyl (C=O) groups excluding carboxylic acids is 1. The zero-order valence-electron chi connectivity index (χ0n) is 22.5. The van der Waals surface area contributed by atoms with Crippen LogP contribution in [-0.2, 0) is 25.5 Å². The Morgan fingerprint density at radius 3 is 2.56 bits per heavy atom. The molecule has 2 fully saturated rings. The molecule has 4 aromatic rings. The standard InChI is InChI=1S/C29H30FN7O4/c1-29(27(38)37-12-14-39-15-13-37)17-40-26(41-18-29)25-35-23(19-5-7-20(30)8-6-19)24(36-25)22-9-11-32-28(34-22)33-16-21-4-2-3-10-31-21/h2-11,26H,12-18H2,1H3,(H,35,36)(H,32,33,34). The molecule has 0 radical (unpaired) electrons. The fraction of sp³-hybridized carbons (Fsp3) is 0.345. The molecule has 212 valence electrons. The molecule has 11 nitrogen and oxygen atoms in total. The Kier molecular flexibility index (Phi) is 7.68. The highest BCUT2D eigenvalue weighted by Gasteiger charge is 2.43. The van der Waals surface area contributed by atoms with Gasteiger partial charge < -0.3 is 29.4 Å². The molecule has 0 bridgehead atoms. The van der Waals surface area contributed by atoms with Crippen molar-refractivity contribution < 1.29 is 23.4 Å². The maximum Gasteiger partial charge on any atom is 0.233 e. The summed E-state index contributed by atoms with van der Waals surface area (Å²) in [6.45, 7) is 4.80. The number of rotatable bonds is 7. The molecule has 41 heavy (non-hydrogen) atoms. The highest BCUT2D eigenvalue weighted by Crippen LogP contribution is 2.36. The first kappa shape index (κ1) is 26.9. The van der Waals surface area contributed by atoms with Crippen molar-refractivity contribution in [3.05, 3.63) is 78.3 Å². The average Bonchev–Trinajstić information content (AvgIpc) is 3.47. The summed E-state index contributed by atoms with van der Waals surface area (Å²) in [5.41, 5.74) is 2.45. The van der Waals surface area contributed by atoms with Gasteiger partial charge in [0, 0.05) is 31.0 Å². The predicted octanol–water partition coefficient (Wildman–Crippen LogP) is 3.59. The summed E-state index contributed by atoms with van der Waals surface area (Å²) >= 11 is 0. The molecular weight excluding hydrogens is 529 g/mol. The molecule has 1 amide bonds. The molecule has 2 N–H and O–H groups in total. The molecule has 2 saturated heterocycles. The molecule has 0 saturated carbocycles. The second kappa shape index (κ2) is 11.7. The van der Waals surface area contributed by atoms with Crippen LogP contribution in [0.2, 0.25) is 0 Å². The van der Waals surface area contributed by atoms with Crippen LogP contribution in [0.1, 0.15) is 24.7 Å². The monoisotopic (exact) mass is 559 g/mol. The Hall–Kier alpha value is -4.26. The Morgan fingerprint density at radius 1 is 1.05 bits per heavy atom. The highest BCUT2D eigenvalue weighted by molar-refractivity contribution is 5.83. The summed E-state index contributed by atoms with van der Waals surface area (Å²) in [6.07, 6.45) is 2.55. The molecule has 0 spiro atoms. The number of pyridine rings is 1. The number of carbonyl (C=O) groups is 1. The van der Waals surface area contributed by atoms with Crippen LogP contribution in [0.15, 0.2) is 60.9 Å². The molecular formula is C29H30FN7O4. The van der Waals surface area contributed by atoms with Crippen LogP contribution in [0.25, 0.3) is 22.6 Å². The number of morpholine rings is 1. The highest BCUT2D eigenvalue weighted by atomic mass is 19.1. The van der Waals surface area contributed by atoms with Gasteiger partial charge in [-0.15, -0.1) is 0 Å². The summed E-state index contributed by atoms with van der Waals surface area (Å²) in [5, 5.41) is 3.19. The number of ether oxygens (including phenoxy) is 3. The number of H-pyrrole nitrogens is 1. The topological polar surface area (TPSA) is 127 Å². The maximum absolute atomic E-state index is 13.7. The van der Waals surface area contributed by atoms with Gasteiger partial charge in [-0.2, -0.15) is 0 Å². The van der Waals surface area contributed by atoms with E-state index in [0.29, 0.717) is 67.3 Å². The molecule has 1 aromatic carbocycles. The van der Waals surface area contributed by atoms with Crippen molar-refractivity contribution in [2.75, 3.05) is 44.8 Å². The number of benzene rings is 1. The van der Waals surface area contributed by atoms with Gasteiger partial charge in [-0.05, 0) is 49.4 Å². The van der Waals surface area contributed by atoms with Gasteiger partial charge >= 0.3 is 0 Å². The van der Waals surface area contributed by atoms with Crippen LogP contribution >= 0.6 is 0 Å². The van der Waals surface area contributed by atoms with Crippen LogP contribution < -0.4 is 5.32 Å². The van der Waals surface area contributed by atoms with E-state index in [1.807, 2.05) is 25.1 Å². The quantitative estimate of drug-likeness (QED) is 0.349. The number of halogens is 1. The van der Waals surface area contributed by atoms with E-state index in [2.05, 4.69) is 25.3 Å². The summed E-state index contributed by atoms with van der Waals surface area (Å²) in [5.74, 6) is 0.467. The number of hydrogen-bond acceptors (Lipinski definition) is 9. The Bertz CT molecular complexity index is 1480. The van der Waals surface area contributed by atoms with Crippen molar-refractivity contribution in [1.29, 1.82) is 0 Å². The summed E-state index contributed by atoms with van der Waals surface area (Å²) in [4.78, 5) is 36.4. The zero-order valence-corrected chi connectivity index (χ0v) is 22.5. The van der Waals surface area contributed by atoms with Crippen molar-refractivity contribution in [2.24, 2.45) is 5.41 Å². The van der Waals surface area contributed by atoms with Crippen LogP contribution in [0.5, 0.6) is 0 Å². The van der Waals surface area contributed by atoms with Crippen LogP contribution in [-0.4, -0.2) is 75.2 Å². The largest absolute Gasteiger partial charge is 0.378 e. The van der Waals surface area contributed by atoms with E-state index in [1.54, 1.807) is 35.5 Å². The van der Waals surface area contributed by atoms with E-state index >= 15 is 0 Å². The van der Waals surface area contributed by atoms with E-state index in [0.717, 1.165) is 5.69 Å².